The van der Waals surface area contributed by atoms with Crippen LogP contribution in [0.3, 0.4) is 0 Å². The fourth-order valence-corrected chi connectivity index (χ4v) is 3.80. The summed E-state index contributed by atoms with van der Waals surface area (Å²) < 4.78 is 24.5. The first-order chi connectivity index (χ1) is 13.1. The van der Waals surface area contributed by atoms with Gasteiger partial charge in [-0.3, -0.25) is 9.69 Å². The second-order valence-corrected chi connectivity index (χ2v) is 7.12. The van der Waals surface area contributed by atoms with Crippen LogP contribution in [0, 0.1) is 5.82 Å². The molecule has 1 N–H and O–H groups in total. The first-order valence-electron chi connectivity index (χ1n) is 8.98. The minimum atomic E-state index is -0.507. The van der Waals surface area contributed by atoms with E-state index in [2.05, 4.69) is 10.2 Å². The van der Waals surface area contributed by atoms with Crippen LogP contribution in [0.1, 0.15) is 24.4 Å². The van der Waals surface area contributed by atoms with Crippen LogP contribution in [0.5, 0.6) is 11.5 Å². The number of likely N-dealkylation sites (tertiary alicyclic amines) is 1. The molecular formula is C20H20ClFN2O3. The van der Waals surface area contributed by atoms with Gasteiger partial charge in [0.2, 0.25) is 5.91 Å². The summed E-state index contributed by atoms with van der Waals surface area (Å²) >= 11 is 5.77. The van der Waals surface area contributed by atoms with Crippen molar-refractivity contribution in [2.24, 2.45) is 0 Å². The van der Waals surface area contributed by atoms with Crippen molar-refractivity contribution in [1.82, 2.24) is 4.90 Å². The number of fused-ring (bicyclic) bond motifs is 1. The molecule has 2 aromatic rings. The molecule has 7 heteroatoms. The number of carbonyl (C=O) groups is 1. The number of halogens is 2. The number of rotatable bonds is 4. The maximum atomic E-state index is 13.3. The van der Waals surface area contributed by atoms with Gasteiger partial charge < -0.3 is 14.8 Å². The predicted octanol–water partition coefficient (Wildman–Crippen LogP) is 4.03. The van der Waals surface area contributed by atoms with Crippen LogP contribution >= 0.6 is 11.6 Å². The molecule has 2 aromatic carbocycles. The zero-order valence-electron chi connectivity index (χ0n) is 14.7. The lowest BCUT2D eigenvalue weighted by atomic mass is 10.0. The summed E-state index contributed by atoms with van der Waals surface area (Å²) in [5.74, 6) is 0.867. The van der Waals surface area contributed by atoms with E-state index in [9.17, 15) is 9.18 Å². The van der Waals surface area contributed by atoms with Crippen molar-refractivity contribution in [2.75, 3.05) is 31.6 Å². The van der Waals surface area contributed by atoms with Crippen LogP contribution in [0.2, 0.25) is 5.02 Å². The van der Waals surface area contributed by atoms with Gasteiger partial charge in [0.25, 0.3) is 0 Å². The zero-order valence-corrected chi connectivity index (χ0v) is 15.5. The number of nitrogens with one attached hydrogen (secondary N) is 1. The highest BCUT2D eigenvalue weighted by Crippen LogP contribution is 2.37. The molecule has 2 heterocycles. The third-order valence-electron chi connectivity index (χ3n) is 4.86. The fourth-order valence-electron chi connectivity index (χ4n) is 3.62. The molecule has 0 saturated carbocycles. The van der Waals surface area contributed by atoms with Crippen molar-refractivity contribution >= 4 is 23.2 Å². The van der Waals surface area contributed by atoms with Gasteiger partial charge >= 0.3 is 0 Å². The Bertz CT molecular complexity index is 861. The molecule has 1 fully saturated rings. The average Bonchev–Trinajstić information content (AvgIpc) is 3.12. The summed E-state index contributed by atoms with van der Waals surface area (Å²) in [6, 6.07) is 10.3. The molecule has 0 aliphatic carbocycles. The highest BCUT2D eigenvalue weighted by atomic mass is 35.5. The van der Waals surface area contributed by atoms with Crippen LogP contribution < -0.4 is 14.8 Å². The monoisotopic (exact) mass is 390 g/mol. The van der Waals surface area contributed by atoms with Crippen LogP contribution in [0.25, 0.3) is 0 Å². The second kappa shape index (κ2) is 7.74. The Morgan fingerprint density at radius 3 is 2.81 bits per heavy atom. The molecule has 142 valence electrons. The van der Waals surface area contributed by atoms with Gasteiger partial charge in [-0.15, -0.1) is 0 Å². The van der Waals surface area contributed by atoms with Crippen LogP contribution in [-0.4, -0.2) is 37.1 Å². The Morgan fingerprint density at radius 1 is 1.19 bits per heavy atom. The summed E-state index contributed by atoms with van der Waals surface area (Å²) in [5, 5.41) is 2.77. The Hall–Kier alpha value is -2.31. The molecule has 0 spiro atoms. The number of hydrogen-bond acceptors (Lipinski definition) is 4. The molecule has 0 aromatic heterocycles. The molecule has 1 amide bonds. The minimum absolute atomic E-state index is 0.0110. The van der Waals surface area contributed by atoms with Gasteiger partial charge in [-0.1, -0.05) is 17.7 Å². The first-order valence-corrected chi connectivity index (χ1v) is 9.36. The van der Waals surface area contributed by atoms with Gasteiger partial charge in [-0.05, 0) is 55.3 Å². The van der Waals surface area contributed by atoms with Gasteiger partial charge in [0, 0.05) is 11.7 Å². The van der Waals surface area contributed by atoms with E-state index in [0.29, 0.717) is 18.9 Å². The van der Waals surface area contributed by atoms with Gasteiger partial charge in [0.1, 0.15) is 19.0 Å². The van der Waals surface area contributed by atoms with Crippen molar-refractivity contribution in [2.45, 2.75) is 18.9 Å². The third-order valence-corrected chi connectivity index (χ3v) is 5.15. The van der Waals surface area contributed by atoms with Crippen LogP contribution in [0.4, 0.5) is 10.1 Å². The van der Waals surface area contributed by atoms with E-state index >= 15 is 0 Å². The maximum absolute atomic E-state index is 13.3. The Kier molecular flexibility index (Phi) is 5.18. The number of hydrogen-bond donors (Lipinski definition) is 1. The molecule has 4 rings (SSSR count). The summed E-state index contributed by atoms with van der Waals surface area (Å²) in [6.45, 7) is 2.22. The molecule has 0 radical (unpaired) electrons. The quantitative estimate of drug-likeness (QED) is 0.856. The van der Waals surface area contributed by atoms with Gasteiger partial charge in [-0.2, -0.15) is 0 Å². The molecular weight excluding hydrogens is 371 g/mol. The number of carbonyl (C=O) groups excluding carboxylic acids is 1. The first kappa shape index (κ1) is 18.1. The number of amides is 1. The highest BCUT2D eigenvalue weighted by Gasteiger charge is 2.28. The highest BCUT2D eigenvalue weighted by molar-refractivity contribution is 6.31. The van der Waals surface area contributed by atoms with Gasteiger partial charge in [-0.25, -0.2) is 4.39 Å². The van der Waals surface area contributed by atoms with Crippen LogP contribution in [0.15, 0.2) is 36.4 Å². The number of ether oxygens (including phenoxy) is 2. The van der Waals surface area contributed by atoms with E-state index < -0.39 is 5.82 Å². The minimum Gasteiger partial charge on any atom is -0.486 e. The molecule has 27 heavy (non-hydrogen) atoms. The second-order valence-electron chi connectivity index (χ2n) is 6.71. The molecule has 0 unspecified atom stereocenters. The SMILES string of the molecule is O=C(CN1CCC[C@@H]1c1ccc2c(c1)OCCO2)Nc1ccc(F)c(Cl)c1. The van der Waals surface area contributed by atoms with E-state index in [1.807, 2.05) is 18.2 Å². The Balaban J connectivity index is 1.43. The summed E-state index contributed by atoms with van der Waals surface area (Å²) in [5.41, 5.74) is 1.61. The van der Waals surface area contributed by atoms with Gasteiger partial charge in [0.05, 0.1) is 11.6 Å². The third kappa shape index (κ3) is 4.01. The van der Waals surface area contributed by atoms with Gasteiger partial charge in [0.15, 0.2) is 11.5 Å². The topological polar surface area (TPSA) is 50.8 Å². The number of anilines is 1. The lowest BCUT2D eigenvalue weighted by molar-refractivity contribution is -0.117. The van der Waals surface area contributed by atoms with Crippen molar-refractivity contribution in [3.05, 3.63) is 52.8 Å². The normalized spacial score (nSPS) is 19.1. The number of nitrogens with zero attached hydrogens (tertiary/aromatic N) is 1. The number of benzene rings is 2. The van der Waals surface area contributed by atoms with E-state index in [4.69, 9.17) is 21.1 Å². The zero-order chi connectivity index (χ0) is 18.8. The molecule has 5 nitrogen and oxygen atoms in total. The standard InChI is InChI=1S/C20H20ClFN2O3/c21-15-11-14(4-5-16(15)22)23-20(25)12-24-7-1-2-17(24)13-3-6-18-19(10-13)27-9-8-26-18/h3-6,10-11,17H,1-2,7-9,12H2,(H,23,25)/t17-/m1/s1. The van der Waals surface area contributed by atoms with Crippen molar-refractivity contribution in [1.29, 1.82) is 0 Å². The van der Waals surface area contributed by atoms with Crippen molar-refractivity contribution in [3.63, 3.8) is 0 Å². The lowest BCUT2D eigenvalue weighted by Gasteiger charge is -2.26. The van der Waals surface area contributed by atoms with E-state index in [1.54, 1.807) is 0 Å². The maximum Gasteiger partial charge on any atom is 0.238 e. The van der Waals surface area contributed by atoms with E-state index in [1.165, 1.54) is 18.2 Å². The molecule has 2 aliphatic rings. The predicted molar refractivity (Wildman–Crippen MR) is 101 cm³/mol. The Labute approximate surface area is 162 Å². The summed E-state index contributed by atoms with van der Waals surface area (Å²) in [4.78, 5) is 14.6. The van der Waals surface area contributed by atoms with Crippen molar-refractivity contribution < 1.29 is 18.7 Å². The van der Waals surface area contributed by atoms with Crippen molar-refractivity contribution in [3.8, 4) is 11.5 Å². The molecule has 1 atom stereocenters. The molecule has 1 saturated heterocycles. The summed E-state index contributed by atoms with van der Waals surface area (Å²) in [6.07, 6.45) is 2.00. The summed E-state index contributed by atoms with van der Waals surface area (Å²) in [7, 11) is 0. The largest absolute Gasteiger partial charge is 0.486 e. The van der Waals surface area contributed by atoms with Crippen LogP contribution in [-0.2, 0) is 4.79 Å². The Morgan fingerprint density at radius 2 is 2.00 bits per heavy atom. The fraction of sp³-hybridized carbons (Fsp3) is 0.350. The average molecular weight is 391 g/mol. The smallest absolute Gasteiger partial charge is 0.238 e. The molecule has 0 bridgehead atoms. The molecule has 2 aliphatic heterocycles. The lowest BCUT2D eigenvalue weighted by Crippen LogP contribution is -2.33. The van der Waals surface area contributed by atoms with E-state index in [0.717, 1.165) is 36.4 Å². The van der Waals surface area contributed by atoms with E-state index in [-0.39, 0.29) is 23.5 Å².